The molecule has 1 nitrogen and oxygen atoms in total. The van der Waals surface area contributed by atoms with Crippen LogP contribution >= 0.6 is 27.3 Å². The Morgan fingerprint density at radius 3 is 2.89 bits per heavy atom. The van der Waals surface area contributed by atoms with Gasteiger partial charge < -0.3 is 5.32 Å². The van der Waals surface area contributed by atoms with E-state index in [1.807, 2.05) is 11.3 Å². The third-order valence-electron chi connectivity index (χ3n) is 3.98. The van der Waals surface area contributed by atoms with Crippen molar-refractivity contribution in [3.05, 3.63) is 20.8 Å². The SMILES string of the molecule is CCCC1CCCC(NCc2ccc(Br)s2)CC1. The van der Waals surface area contributed by atoms with Crippen LogP contribution in [0.4, 0.5) is 0 Å². The first-order chi connectivity index (χ1) is 8.78. The number of halogens is 1. The van der Waals surface area contributed by atoms with E-state index in [2.05, 4.69) is 40.3 Å². The van der Waals surface area contributed by atoms with E-state index in [9.17, 15) is 0 Å². The van der Waals surface area contributed by atoms with Gasteiger partial charge in [-0.3, -0.25) is 0 Å². The van der Waals surface area contributed by atoms with E-state index in [-0.39, 0.29) is 0 Å². The molecule has 102 valence electrons. The van der Waals surface area contributed by atoms with Crippen LogP contribution in [0.3, 0.4) is 0 Å². The molecule has 1 aliphatic carbocycles. The monoisotopic (exact) mass is 329 g/mol. The molecule has 0 radical (unpaired) electrons. The fourth-order valence-electron chi connectivity index (χ4n) is 2.97. The minimum absolute atomic E-state index is 0.743. The second kappa shape index (κ2) is 7.66. The van der Waals surface area contributed by atoms with E-state index in [1.165, 1.54) is 53.6 Å². The Kier molecular flexibility index (Phi) is 6.19. The predicted octanol–water partition coefficient (Wildman–Crippen LogP) is 5.35. The van der Waals surface area contributed by atoms with Gasteiger partial charge in [0.2, 0.25) is 0 Å². The Hall–Kier alpha value is 0.140. The zero-order valence-corrected chi connectivity index (χ0v) is 13.7. The molecule has 0 aliphatic heterocycles. The maximum Gasteiger partial charge on any atom is 0.0701 e. The molecule has 2 unspecified atom stereocenters. The number of hydrogen-bond acceptors (Lipinski definition) is 2. The first kappa shape index (κ1) is 14.5. The summed E-state index contributed by atoms with van der Waals surface area (Å²) in [6.07, 6.45) is 9.83. The molecule has 3 heteroatoms. The van der Waals surface area contributed by atoms with Crippen molar-refractivity contribution in [2.45, 2.75) is 64.5 Å². The van der Waals surface area contributed by atoms with Gasteiger partial charge in [-0.05, 0) is 53.2 Å². The molecule has 1 heterocycles. The normalized spacial score (nSPS) is 25.0. The first-order valence-corrected chi connectivity index (χ1v) is 8.86. The maximum atomic E-state index is 3.74. The number of nitrogens with one attached hydrogen (secondary N) is 1. The summed E-state index contributed by atoms with van der Waals surface area (Å²) in [6.45, 7) is 3.36. The molecule has 2 atom stereocenters. The zero-order chi connectivity index (χ0) is 12.8. The lowest BCUT2D eigenvalue weighted by molar-refractivity contribution is 0.410. The number of thiophene rings is 1. The van der Waals surface area contributed by atoms with E-state index in [0.717, 1.165) is 18.5 Å². The van der Waals surface area contributed by atoms with Crippen molar-refractivity contribution in [1.82, 2.24) is 5.32 Å². The summed E-state index contributed by atoms with van der Waals surface area (Å²) in [4.78, 5) is 1.44. The average molecular weight is 330 g/mol. The van der Waals surface area contributed by atoms with Gasteiger partial charge in [0.15, 0.2) is 0 Å². The number of hydrogen-bond donors (Lipinski definition) is 1. The minimum Gasteiger partial charge on any atom is -0.309 e. The average Bonchev–Trinajstić information content (AvgIpc) is 2.64. The molecule has 1 aromatic rings. The van der Waals surface area contributed by atoms with Gasteiger partial charge in [0.1, 0.15) is 0 Å². The molecule has 0 bridgehead atoms. The molecular weight excluding hydrogens is 306 g/mol. The highest BCUT2D eigenvalue weighted by atomic mass is 79.9. The largest absolute Gasteiger partial charge is 0.309 e. The van der Waals surface area contributed by atoms with E-state index in [1.54, 1.807) is 0 Å². The third kappa shape index (κ3) is 4.67. The standard InChI is InChI=1S/C15H24BrNS/c1-2-4-12-5-3-6-13(8-7-12)17-11-14-9-10-15(16)18-14/h9-10,12-13,17H,2-8,11H2,1H3. The summed E-state index contributed by atoms with van der Waals surface area (Å²) >= 11 is 5.37. The fourth-order valence-corrected chi connectivity index (χ4v) is 4.41. The molecule has 1 saturated carbocycles. The Morgan fingerprint density at radius 1 is 1.28 bits per heavy atom. The van der Waals surface area contributed by atoms with E-state index in [0.29, 0.717) is 0 Å². The molecule has 1 fully saturated rings. The van der Waals surface area contributed by atoms with Gasteiger partial charge in [-0.25, -0.2) is 0 Å². The summed E-state index contributed by atoms with van der Waals surface area (Å²) in [5.74, 6) is 0.998. The van der Waals surface area contributed by atoms with Crippen molar-refractivity contribution in [2.75, 3.05) is 0 Å². The Balaban J connectivity index is 1.73. The molecule has 1 aromatic heterocycles. The van der Waals surface area contributed by atoms with Crippen molar-refractivity contribution < 1.29 is 0 Å². The Bertz CT molecular complexity index is 350. The first-order valence-electron chi connectivity index (χ1n) is 7.25. The topological polar surface area (TPSA) is 12.0 Å². The van der Waals surface area contributed by atoms with E-state index < -0.39 is 0 Å². The third-order valence-corrected chi connectivity index (χ3v) is 5.60. The quantitative estimate of drug-likeness (QED) is 0.718. The molecule has 1 N–H and O–H groups in total. The van der Waals surface area contributed by atoms with Gasteiger partial charge in [0.25, 0.3) is 0 Å². The smallest absolute Gasteiger partial charge is 0.0701 e. The van der Waals surface area contributed by atoms with Gasteiger partial charge in [-0.15, -0.1) is 11.3 Å². The van der Waals surface area contributed by atoms with Crippen molar-refractivity contribution in [3.63, 3.8) is 0 Å². The minimum atomic E-state index is 0.743. The van der Waals surface area contributed by atoms with Crippen LogP contribution in [0, 0.1) is 5.92 Å². The van der Waals surface area contributed by atoms with Crippen LogP contribution in [0.25, 0.3) is 0 Å². The Labute approximate surface area is 123 Å². The fraction of sp³-hybridized carbons (Fsp3) is 0.733. The van der Waals surface area contributed by atoms with Gasteiger partial charge in [-0.1, -0.05) is 32.6 Å². The lowest BCUT2D eigenvalue weighted by Crippen LogP contribution is -2.27. The van der Waals surface area contributed by atoms with Crippen molar-refractivity contribution in [1.29, 1.82) is 0 Å². The van der Waals surface area contributed by atoms with Crippen molar-refractivity contribution >= 4 is 27.3 Å². The van der Waals surface area contributed by atoms with Crippen LogP contribution < -0.4 is 5.32 Å². The summed E-state index contributed by atoms with van der Waals surface area (Å²) < 4.78 is 1.24. The highest BCUT2D eigenvalue weighted by Crippen LogP contribution is 2.27. The molecular formula is C15H24BrNS. The second-order valence-corrected chi connectivity index (χ2v) is 7.99. The molecule has 0 amide bonds. The van der Waals surface area contributed by atoms with Crippen LogP contribution in [-0.2, 0) is 6.54 Å². The second-order valence-electron chi connectivity index (χ2n) is 5.45. The molecule has 0 saturated heterocycles. The van der Waals surface area contributed by atoms with Crippen LogP contribution in [0.2, 0.25) is 0 Å². The van der Waals surface area contributed by atoms with E-state index in [4.69, 9.17) is 0 Å². The highest BCUT2D eigenvalue weighted by molar-refractivity contribution is 9.11. The Morgan fingerprint density at radius 2 is 2.17 bits per heavy atom. The highest BCUT2D eigenvalue weighted by Gasteiger charge is 2.17. The van der Waals surface area contributed by atoms with Crippen LogP contribution in [0.1, 0.15) is 56.7 Å². The van der Waals surface area contributed by atoms with Crippen molar-refractivity contribution in [2.24, 2.45) is 5.92 Å². The molecule has 18 heavy (non-hydrogen) atoms. The van der Waals surface area contributed by atoms with Crippen molar-refractivity contribution in [3.8, 4) is 0 Å². The van der Waals surface area contributed by atoms with Gasteiger partial charge >= 0.3 is 0 Å². The van der Waals surface area contributed by atoms with Gasteiger partial charge in [0.05, 0.1) is 3.79 Å². The summed E-state index contributed by atoms with van der Waals surface area (Å²) in [7, 11) is 0. The number of rotatable bonds is 5. The van der Waals surface area contributed by atoms with Gasteiger partial charge in [-0.2, -0.15) is 0 Å². The summed E-state index contributed by atoms with van der Waals surface area (Å²) in [6, 6.07) is 5.11. The zero-order valence-electron chi connectivity index (χ0n) is 11.3. The van der Waals surface area contributed by atoms with Gasteiger partial charge in [0, 0.05) is 17.5 Å². The molecule has 0 aromatic carbocycles. The van der Waals surface area contributed by atoms with Crippen LogP contribution in [0.5, 0.6) is 0 Å². The molecule has 2 rings (SSSR count). The summed E-state index contributed by atoms with van der Waals surface area (Å²) in [5, 5.41) is 3.74. The van der Waals surface area contributed by atoms with E-state index >= 15 is 0 Å². The lowest BCUT2D eigenvalue weighted by Gasteiger charge is -2.16. The van der Waals surface area contributed by atoms with Crippen LogP contribution in [0.15, 0.2) is 15.9 Å². The van der Waals surface area contributed by atoms with Crippen LogP contribution in [-0.4, -0.2) is 6.04 Å². The maximum absolute atomic E-state index is 3.74. The summed E-state index contributed by atoms with van der Waals surface area (Å²) in [5.41, 5.74) is 0. The molecule has 0 spiro atoms. The predicted molar refractivity (Wildman–Crippen MR) is 84.1 cm³/mol. The lowest BCUT2D eigenvalue weighted by atomic mass is 9.95. The molecule has 1 aliphatic rings.